The highest BCUT2D eigenvalue weighted by atomic mass is 16.6. The van der Waals surface area contributed by atoms with E-state index in [4.69, 9.17) is 0 Å². The van der Waals surface area contributed by atoms with Crippen molar-refractivity contribution in [2.45, 2.75) is 45.4 Å². The maximum atomic E-state index is 11.4. The molecule has 0 amide bonds. The lowest BCUT2D eigenvalue weighted by Gasteiger charge is -2.32. The first-order valence-electron chi connectivity index (χ1n) is 5.65. The van der Waals surface area contributed by atoms with E-state index in [1.54, 1.807) is 6.92 Å². The number of nitrogens with zero attached hydrogens (tertiary/aromatic N) is 2. The number of aliphatic carboxylic acids is 1. The fourth-order valence-electron chi connectivity index (χ4n) is 2.43. The molecule has 0 radical (unpaired) electrons. The molecule has 1 saturated carbocycles. The lowest BCUT2D eigenvalue weighted by molar-refractivity contribution is -0.151. The Bertz CT molecular complexity index is 380. The molecule has 1 N–H and O–H groups in total. The molecule has 1 aromatic heterocycles. The van der Waals surface area contributed by atoms with Crippen LogP contribution in [0, 0.1) is 12.3 Å². The predicted octanol–water partition coefficient (Wildman–Crippen LogP) is 1.96. The Kier molecular flexibility index (Phi) is 2.94. The molecule has 0 bridgehead atoms. The second-order valence-corrected chi connectivity index (χ2v) is 4.62. The van der Waals surface area contributed by atoms with Gasteiger partial charge in [0.1, 0.15) is 11.4 Å². The smallest absolute Gasteiger partial charge is 0.310 e. The van der Waals surface area contributed by atoms with Crippen LogP contribution in [-0.4, -0.2) is 21.4 Å². The van der Waals surface area contributed by atoms with E-state index < -0.39 is 11.4 Å². The van der Waals surface area contributed by atoms with Gasteiger partial charge in [0.15, 0.2) is 0 Å². The number of carboxylic acids is 1. The van der Waals surface area contributed by atoms with Crippen molar-refractivity contribution in [3.05, 3.63) is 11.4 Å². The second-order valence-electron chi connectivity index (χ2n) is 4.62. The lowest BCUT2D eigenvalue weighted by atomic mass is 9.71. The third-order valence-electron chi connectivity index (χ3n) is 3.52. The highest BCUT2D eigenvalue weighted by molar-refractivity contribution is 5.75. The quantitative estimate of drug-likeness (QED) is 0.849. The predicted molar refractivity (Wildman–Crippen MR) is 55.9 cm³/mol. The number of carboxylic acid groups (broad SMARTS) is 1. The minimum absolute atomic E-state index is 0.442. The van der Waals surface area contributed by atoms with Crippen molar-refractivity contribution in [3.8, 4) is 0 Å². The van der Waals surface area contributed by atoms with Crippen LogP contribution in [0.25, 0.3) is 0 Å². The van der Waals surface area contributed by atoms with Crippen molar-refractivity contribution in [3.63, 3.8) is 0 Å². The van der Waals surface area contributed by atoms with Crippen molar-refractivity contribution in [2.75, 3.05) is 0 Å². The molecule has 88 valence electrons. The van der Waals surface area contributed by atoms with Gasteiger partial charge in [0.25, 0.3) is 0 Å². The summed E-state index contributed by atoms with van der Waals surface area (Å²) in [7, 11) is 0. The third kappa shape index (κ3) is 1.94. The van der Waals surface area contributed by atoms with Gasteiger partial charge in [-0.05, 0) is 19.8 Å². The molecule has 0 aromatic carbocycles. The summed E-state index contributed by atoms with van der Waals surface area (Å²) in [5, 5.41) is 16.9. The van der Waals surface area contributed by atoms with Crippen LogP contribution < -0.4 is 0 Å². The summed E-state index contributed by atoms with van der Waals surface area (Å²) in [6, 6.07) is 0. The van der Waals surface area contributed by atoms with E-state index in [9.17, 15) is 9.90 Å². The molecule has 1 aliphatic carbocycles. The summed E-state index contributed by atoms with van der Waals surface area (Å²) in [5.74, 6) is -0.713. The van der Waals surface area contributed by atoms with Crippen LogP contribution >= 0.6 is 0 Å². The standard InChI is InChI=1S/C11H16N2O3/c1-8-9(13-16-12-8)7-11(10(14)15)5-3-2-4-6-11/h2-7H2,1H3,(H,14,15). The van der Waals surface area contributed by atoms with E-state index in [0.29, 0.717) is 17.8 Å². The first-order chi connectivity index (χ1) is 7.64. The number of rotatable bonds is 3. The normalized spacial score (nSPS) is 19.6. The van der Waals surface area contributed by atoms with E-state index in [0.717, 1.165) is 32.1 Å². The van der Waals surface area contributed by atoms with Crippen LogP contribution in [-0.2, 0) is 11.2 Å². The number of hydrogen-bond acceptors (Lipinski definition) is 4. The maximum absolute atomic E-state index is 11.4. The summed E-state index contributed by atoms with van der Waals surface area (Å²) >= 11 is 0. The minimum Gasteiger partial charge on any atom is -0.481 e. The van der Waals surface area contributed by atoms with E-state index in [2.05, 4.69) is 14.9 Å². The maximum Gasteiger partial charge on any atom is 0.310 e. The van der Waals surface area contributed by atoms with Gasteiger partial charge in [-0.1, -0.05) is 29.6 Å². The molecular weight excluding hydrogens is 208 g/mol. The molecule has 16 heavy (non-hydrogen) atoms. The molecule has 5 nitrogen and oxygen atoms in total. The van der Waals surface area contributed by atoms with Gasteiger partial charge in [0.05, 0.1) is 5.41 Å². The molecule has 5 heteroatoms. The number of hydrogen-bond donors (Lipinski definition) is 1. The van der Waals surface area contributed by atoms with Gasteiger partial charge in [0.2, 0.25) is 0 Å². The van der Waals surface area contributed by atoms with Gasteiger partial charge >= 0.3 is 5.97 Å². The Morgan fingerprint density at radius 1 is 1.38 bits per heavy atom. The molecule has 0 saturated heterocycles. The first kappa shape index (κ1) is 11.1. The van der Waals surface area contributed by atoms with Crippen LogP contribution in [0.15, 0.2) is 4.63 Å². The first-order valence-corrected chi connectivity index (χ1v) is 5.65. The van der Waals surface area contributed by atoms with Gasteiger partial charge in [-0.15, -0.1) is 0 Å². The largest absolute Gasteiger partial charge is 0.481 e. The lowest BCUT2D eigenvalue weighted by Crippen LogP contribution is -2.35. The summed E-state index contributed by atoms with van der Waals surface area (Å²) in [6.07, 6.45) is 5.00. The van der Waals surface area contributed by atoms with Crippen molar-refractivity contribution in [2.24, 2.45) is 5.41 Å². The Morgan fingerprint density at radius 2 is 2.06 bits per heavy atom. The van der Waals surface area contributed by atoms with Crippen LogP contribution in [0.2, 0.25) is 0 Å². The third-order valence-corrected chi connectivity index (χ3v) is 3.52. The molecule has 0 unspecified atom stereocenters. The highest BCUT2D eigenvalue weighted by Crippen LogP contribution is 2.39. The average molecular weight is 224 g/mol. The Hall–Kier alpha value is -1.39. The van der Waals surface area contributed by atoms with E-state index in [1.807, 2.05) is 0 Å². The molecule has 0 spiro atoms. The van der Waals surface area contributed by atoms with Gasteiger partial charge in [-0.3, -0.25) is 4.79 Å². The van der Waals surface area contributed by atoms with Gasteiger partial charge in [-0.25, -0.2) is 4.63 Å². The number of carbonyl (C=O) groups is 1. The molecule has 0 atom stereocenters. The van der Waals surface area contributed by atoms with Crippen molar-refractivity contribution in [1.82, 2.24) is 10.3 Å². The Labute approximate surface area is 93.8 Å². The van der Waals surface area contributed by atoms with Crippen LogP contribution in [0.4, 0.5) is 0 Å². The van der Waals surface area contributed by atoms with Gasteiger partial charge < -0.3 is 5.11 Å². The summed E-state index contributed by atoms with van der Waals surface area (Å²) in [4.78, 5) is 11.4. The summed E-state index contributed by atoms with van der Waals surface area (Å²) < 4.78 is 4.62. The Balaban J connectivity index is 2.20. The second kappa shape index (κ2) is 4.23. The Morgan fingerprint density at radius 3 is 2.56 bits per heavy atom. The molecule has 1 aliphatic rings. The van der Waals surface area contributed by atoms with Crippen molar-refractivity contribution in [1.29, 1.82) is 0 Å². The fourth-order valence-corrected chi connectivity index (χ4v) is 2.43. The molecule has 1 fully saturated rings. The molecule has 0 aliphatic heterocycles. The zero-order chi connectivity index (χ0) is 11.6. The summed E-state index contributed by atoms with van der Waals surface area (Å²) in [5.41, 5.74) is 0.733. The number of aromatic nitrogens is 2. The van der Waals surface area contributed by atoms with Crippen molar-refractivity contribution >= 4 is 5.97 Å². The van der Waals surface area contributed by atoms with Crippen LogP contribution in [0.3, 0.4) is 0 Å². The van der Waals surface area contributed by atoms with Gasteiger partial charge in [0, 0.05) is 6.42 Å². The highest BCUT2D eigenvalue weighted by Gasteiger charge is 2.40. The van der Waals surface area contributed by atoms with Gasteiger partial charge in [-0.2, -0.15) is 0 Å². The van der Waals surface area contributed by atoms with E-state index in [-0.39, 0.29) is 0 Å². The molecular formula is C11H16N2O3. The monoisotopic (exact) mass is 224 g/mol. The summed E-state index contributed by atoms with van der Waals surface area (Å²) in [6.45, 7) is 1.80. The zero-order valence-electron chi connectivity index (χ0n) is 9.40. The SMILES string of the molecule is Cc1nonc1CC1(C(=O)O)CCCCC1. The van der Waals surface area contributed by atoms with E-state index in [1.165, 1.54) is 0 Å². The topological polar surface area (TPSA) is 76.2 Å². The molecule has 2 rings (SSSR count). The average Bonchev–Trinajstić information content (AvgIpc) is 2.65. The zero-order valence-corrected chi connectivity index (χ0v) is 9.40. The van der Waals surface area contributed by atoms with Crippen LogP contribution in [0.1, 0.15) is 43.5 Å². The van der Waals surface area contributed by atoms with Crippen LogP contribution in [0.5, 0.6) is 0 Å². The molecule has 1 aromatic rings. The number of aryl methyl sites for hydroxylation is 1. The fraction of sp³-hybridized carbons (Fsp3) is 0.727. The van der Waals surface area contributed by atoms with E-state index >= 15 is 0 Å². The molecule has 1 heterocycles. The minimum atomic E-state index is -0.713. The van der Waals surface area contributed by atoms with Crippen molar-refractivity contribution < 1.29 is 14.5 Å².